The van der Waals surface area contributed by atoms with E-state index in [-0.39, 0.29) is 11.5 Å². The second kappa shape index (κ2) is 4.91. The fourth-order valence-corrected chi connectivity index (χ4v) is 2.56. The highest BCUT2D eigenvalue weighted by Gasteiger charge is 2.44. The van der Waals surface area contributed by atoms with E-state index in [0.29, 0.717) is 6.42 Å². The van der Waals surface area contributed by atoms with Crippen LogP contribution >= 0.6 is 0 Å². The summed E-state index contributed by atoms with van der Waals surface area (Å²) in [7, 11) is 0. The van der Waals surface area contributed by atoms with Crippen molar-refractivity contribution in [3.8, 4) is 0 Å². The summed E-state index contributed by atoms with van der Waals surface area (Å²) in [6.45, 7) is 5.07. The highest BCUT2D eigenvalue weighted by atomic mass is 16.7. The molecule has 17 heavy (non-hydrogen) atoms. The van der Waals surface area contributed by atoms with Crippen molar-refractivity contribution < 1.29 is 19.5 Å². The van der Waals surface area contributed by atoms with Crippen LogP contribution in [0.15, 0.2) is 5.16 Å². The lowest BCUT2D eigenvalue weighted by atomic mass is 9.90. The maximum absolute atomic E-state index is 10.4. The first-order chi connectivity index (χ1) is 8.13. The normalized spacial score (nSPS) is 28.9. The van der Waals surface area contributed by atoms with E-state index in [1.54, 1.807) is 0 Å². The summed E-state index contributed by atoms with van der Waals surface area (Å²) in [4.78, 5) is 18.2. The number of hydrogen-bond donors (Lipinski definition) is 1. The summed E-state index contributed by atoms with van der Waals surface area (Å²) in [5.41, 5.74) is -0.363. The molecular weight excluding hydrogens is 224 g/mol. The topological polar surface area (TPSA) is 71.4 Å². The molecule has 1 saturated heterocycles. The van der Waals surface area contributed by atoms with E-state index in [1.165, 1.54) is 0 Å². The van der Waals surface area contributed by atoms with Crippen LogP contribution in [0.25, 0.3) is 0 Å². The Hall–Kier alpha value is -1.30. The molecule has 0 radical (unpaired) electrons. The Morgan fingerprint density at radius 2 is 2.53 bits per heavy atom. The Bertz CT molecular complexity index is 329. The molecule has 6 heteroatoms. The van der Waals surface area contributed by atoms with Gasteiger partial charge in [-0.25, -0.2) is 4.79 Å². The number of hydrogen-bond acceptors (Lipinski definition) is 5. The molecule has 2 aliphatic rings. The molecule has 1 fully saturated rings. The van der Waals surface area contributed by atoms with E-state index < -0.39 is 6.16 Å². The Balaban J connectivity index is 1.91. The average Bonchev–Trinajstić information content (AvgIpc) is 2.61. The van der Waals surface area contributed by atoms with Gasteiger partial charge in [-0.05, 0) is 32.4 Å². The molecule has 0 saturated carbocycles. The van der Waals surface area contributed by atoms with Crippen LogP contribution in [0.5, 0.6) is 0 Å². The van der Waals surface area contributed by atoms with Crippen molar-refractivity contribution in [3.63, 3.8) is 0 Å². The minimum absolute atomic E-state index is 0.177. The third-order valence-electron chi connectivity index (χ3n) is 3.18. The van der Waals surface area contributed by atoms with Gasteiger partial charge in [-0.15, -0.1) is 0 Å². The summed E-state index contributed by atoms with van der Waals surface area (Å²) in [5, 5.41) is 12.3. The van der Waals surface area contributed by atoms with Gasteiger partial charge >= 0.3 is 6.16 Å². The summed E-state index contributed by atoms with van der Waals surface area (Å²) in [5.74, 6) is 0.177. The molecule has 1 atom stereocenters. The minimum Gasteiger partial charge on any atom is -0.449 e. The van der Waals surface area contributed by atoms with Gasteiger partial charge in [0.2, 0.25) is 5.90 Å². The molecular formula is C11H18N2O4. The van der Waals surface area contributed by atoms with Crippen LogP contribution in [0.4, 0.5) is 4.79 Å². The Labute approximate surface area is 100 Å². The SMILES string of the molecule is CCCN1CCCC2(CC(OC(=O)O)=NO2)C1. The third kappa shape index (κ3) is 2.88. The van der Waals surface area contributed by atoms with E-state index in [0.717, 1.165) is 38.9 Å². The first-order valence-corrected chi connectivity index (χ1v) is 6.02. The van der Waals surface area contributed by atoms with Crippen molar-refractivity contribution in [1.29, 1.82) is 0 Å². The lowest BCUT2D eigenvalue weighted by Gasteiger charge is -2.37. The van der Waals surface area contributed by atoms with Crippen molar-refractivity contribution in [2.45, 2.75) is 38.2 Å². The van der Waals surface area contributed by atoms with Crippen LogP contribution in [0.3, 0.4) is 0 Å². The minimum atomic E-state index is -1.33. The van der Waals surface area contributed by atoms with Crippen LogP contribution in [-0.4, -0.2) is 47.3 Å². The lowest BCUT2D eigenvalue weighted by molar-refractivity contribution is -0.0684. The molecule has 1 N–H and O–H groups in total. The number of likely N-dealkylation sites (tertiary alicyclic amines) is 1. The molecule has 0 aromatic carbocycles. The maximum Gasteiger partial charge on any atom is 0.512 e. The summed E-state index contributed by atoms with van der Waals surface area (Å²) in [6, 6.07) is 0. The molecule has 0 aromatic rings. The predicted octanol–water partition coefficient (Wildman–Crippen LogP) is 1.66. The number of carboxylic acid groups (broad SMARTS) is 1. The van der Waals surface area contributed by atoms with E-state index in [4.69, 9.17) is 9.94 Å². The van der Waals surface area contributed by atoms with Crippen LogP contribution in [0.1, 0.15) is 32.6 Å². The first-order valence-electron chi connectivity index (χ1n) is 6.02. The highest BCUT2D eigenvalue weighted by molar-refractivity contribution is 5.86. The van der Waals surface area contributed by atoms with Gasteiger partial charge < -0.3 is 14.7 Å². The van der Waals surface area contributed by atoms with E-state index in [9.17, 15) is 4.79 Å². The zero-order chi connectivity index (χ0) is 12.3. The van der Waals surface area contributed by atoms with Crippen LogP contribution in [0.2, 0.25) is 0 Å². The molecule has 0 amide bonds. The molecule has 2 aliphatic heterocycles. The second-order valence-electron chi connectivity index (χ2n) is 4.68. The number of rotatable bonds is 2. The molecule has 0 bridgehead atoms. The standard InChI is InChI=1S/C11H18N2O4/c1-2-5-13-6-3-4-11(8-13)7-9(12-17-11)16-10(14)15/h2-8H2,1H3,(H,14,15). The predicted molar refractivity (Wildman–Crippen MR) is 60.9 cm³/mol. The van der Waals surface area contributed by atoms with Gasteiger partial charge in [0.1, 0.15) is 0 Å². The van der Waals surface area contributed by atoms with Crippen LogP contribution in [-0.2, 0) is 9.57 Å². The quantitative estimate of drug-likeness (QED) is 0.745. The second-order valence-corrected chi connectivity index (χ2v) is 4.68. The Morgan fingerprint density at radius 3 is 3.24 bits per heavy atom. The van der Waals surface area contributed by atoms with Crippen molar-refractivity contribution in [2.24, 2.45) is 5.16 Å². The first kappa shape index (κ1) is 12.2. The Kier molecular flexibility index (Phi) is 3.51. The van der Waals surface area contributed by atoms with Gasteiger partial charge in [-0.1, -0.05) is 12.1 Å². The highest BCUT2D eigenvalue weighted by Crippen LogP contribution is 2.33. The van der Waals surface area contributed by atoms with Gasteiger partial charge in [0, 0.05) is 6.54 Å². The monoisotopic (exact) mass is 242 g/mol. The molecule has 1 unspecified atom stereocenters. The largest absolute Gasteiger partial charge is 0.512 e. The Morgan fingerprint density at radius 1 is 1.71 bits per heavy atom. The zero-order valence-corrected chi connectivity index (χ0v) is 10.0. The van der Waals surface area contributed by atoms with Crippen molar-refractivity contribution in [2.75, 3.05) is 19.6 Å². The van der Waals surface area contributed by atoms with Gasteiger partial charge in [-0.3, -0.25) is 4.90 Å². The van der Waals surface area contributed by atoms with Gasteiger partial charge in [0.25, 0.3) is 0 Å². The number of ether oxygens (including phenoxy) is 1. The number of carbonyl (C=O) groups is 1. The fraction of sp³-hybridized carbons (Fsp3) is 0.818. The van der Waals surface area contributed by atoms with Crippen LogP contribution < -0.4 is 0 Å². The zero-order valence-electron chi connectivity index (χ0n) is 10.0. The number of nitrogens with zero attached hydrogens (tertiary/aromatic N) is 2. The lowest BCUT2D eigenvalue weighted by Crippen LogP contribution is -2.48. The van der Waals surface area contributed by atoms with Gasteiger partial charge in [0.05, 0.1) is 6.42 Å². The summed E-state index contributed by atoms with van der Waals surface area (Å²) < 4.78 is 4.56. The maximum atomic E-state index is 10.4. The van der Waals surface area contributed by atoms with Crippen molar-refractivity contribution >= 4 is 12.1 Å². The van der Waals surface area contributed by atoms with Crippen molar-refractivity contribution in [3.05, 3.63) is 0 Å². The van der Waals surface area contributed by atoms with E-state index in [1.807, 2.05) is 0 Å². The van der Waals surface area contributed by atoms with Gasteiger partial charge in [-0.2, -0.15) is 0 Å². The smallest absolute Gasteiger partial charge is 0.449 e. The van der Waals surface area contributed by atoms with Crippen molar-refractivity contribution in [1.82, 2.24) is 4.90 Å². The van der Waals surface area contributed by atoms with E-state index >= 15 is 0 Å². The van der Waals surface area contributed by atoms with E-state index in [2.05, 4.69) is 21.7 Å². The third-order valence-corrected chi connectivity index (χ3v) is 3.18. The van der Waals surface area contributed by atoms with Gasteiger partial charge in [0.15, 0.2) is 5.60 Å². The number of oxime groups is 1. The molecule has 96 valence electrons. The summed E-state index contributed by atoms with van der Waals surface area (Å²) >= 11 is 0. The molecule has 2 rings (SSSR count). The molecule has 6 nitrogen and oxygen atoms in total. The van der Waals surface area contributed by atoms with Crippen LogP contribution in [0, 0.1) is 0 Å². The molecule has 0 aliphatic carbocycles. The number of piperidine rings is 1. The fourth-order valence-electron chi connectivity index (χ4n) is 2.56. The average molecular weight is 242 g/mol. The molecule has 2 heterocycles. The molecule has 0 aromatic heterocycles. The molecule has 1 spiro atoms. The summed E-state index contributed by atoms with van der Waals surface area (Å²) in [6.07, 6.45) is 2.19.